The number of hydrogen-bond donors (Lipinski definition) is 0. The van der Waals surface area contributed by atoms with Crippen LogP contribution < -0.4 is 4.74 Å². The van der Waals surface area contributed by atoms with Gasteiger partial charge in [0.25, 0.3) is 5.95 Å². The van der Waals surface area contributed by atoms with E-state index in [2.05, 4.69) is 4.98 Å². The van der Waals surface area contributed by atoms with E-state index in [0.29, 0.717) is 5.39 Å². The molecule has 0 aliphatic heterocycles. The van der Waals surface area contributed by atoms with Gasteiger partial charge in [-0.3, -0.25) is 0 Å². The summed E-state index contributed by atoms with van der Waals surface area (Å²) in [4.78, 5) is 3.11. The zero-order valence-corrected chi connectivity index (χ0v) is 7.42. The van der Waals surface area contributed by atoms with Gasteiger partial charge in [-0.05, 0) is 6.07 Å². The molecule has 0 unspecified atom stereocenters. The summed E-state index contributed by atoms with van der Waals surface area (Å²) in [6, 6.07) is 6.45. The Bertz CT molecular complexity index is 485. The van der Waals surface area contributed by atoms with E-state index in [-0.39, 0.29) is 11.1 Å². The van der Waals surface area contributed by atoms with Crippen LogP contribution in [0.3, 0.4) is 0 Å². The van der Waals surface area contributed by atoms with Crippen molar-refractivity contribution in [3.05, 3.63) is 36.2 Å². The number of hydrogen-bond acceptors (Lipinski definition) is 2. The van der Waals surface area contributed by atoms with Gasteiger partial charge in [-0.15, -0.1) is 0 Å². The Labute approximate surface area is 79.1 Å². The van der Waals surface area contributed by atoms with Gasteiger partial charge in [0.1, 0.15) is 0 Å². The maximum absolute atomic E-state index is 13.2. The fourth-order valence-electron chi connectivity index (χ4n) is 1.36. The van der Waals surface area contributed by atoms with Crippen LogP contribution in [0.4, 0.5) is 8.78 Å². The van der Waals surface area contributed by atoms with E-state index in [1.54, 1.807) is 18.2 Å². The van der Waals surface area contributed by atoms with E-state index < -0.39 is 11.9 Å². The minimum atomic E-state index is -0.927. The number of halogens is 2. The van der Waals surface area contributed by atoms with Crippen LogP contribution in [0.1, 0.15) is 0 Å². The van der Waals surface area contributed by atoms with E-state index in [4.69, 9.17) is 4.74 Å². The zero-order chi connectivity index (χ0) is 10.1. The molecule has 14 heavy (non-hydrogen) atoms. The molecular formula is C10H7F2NO. The number of pyridine rings is 1. The van der Waals surface area contributed by atoms with E-state index in [9.17, 15) is 8.78 Å². The molecule has 0 atom stereocenters. The second-order valence-corrected chi connectivity index (χ2v) is 2.77. The highest BCUT2D eigenvalue weighted by Gasteiger charge is 2.13. The molecule has 2 rings (SSSR count). The molecule has 1 aromatic heterocycles. The molecule has 0 bridgehead atoms. The Balaban J connectivity index is 2.90. The molecule has 0 aliphatic carbocycles. The van der Waals surface area contributed by atoms with Crippen molar-refractivity contribution in [2.75, 3.05) is 7.11 Å². The molecule has 2 aromatic rings. The number of benzene rings is 1. The molecule has 0 aliphatic rings. The topological polar surface area (TPSA) is 22.1 Å². The average Bonchev–Trinajstić information content (AvgIpc) is 2.18. The standard InChI is InChI=1S/C10H7F2NO/c1-14-8-6-4-2-3-5-7(6)9(11)13-10(8)12/h2-5H,1H3. The van der Waals surface area contributed by atoms with Crippen LogP contribution in [0, 0.1) is 11.9 Å². The average molecular weight is 195 g/mol. The van der Waals surface area contributed by atoms with Crippen molar-refractivity contribution in [1.29, 1.82) is 0 Å². The lowest BCUT2D eigenvalue weighted by Gasteiger charge is -2.05. The maximum Gasteiger partial charge on any atom is 0.258 e. The Morgan fingerprint density at radius 3 is 2.36 bits per heavy atom. The summed E-state index contributed by atoms with van der Waals surface area (Å²) in [6.45, 7) is 0. The summed E-state index contributed by atoms with van der Waals surface area (Å²) in [5, 5.41) is 0.644. The monoisotopic (exact) mass is 195 g/mol. The number of methoxy groups -OCH3 is 1. The van der Waals surface area contributed by atoms with Crippen LogP contribution in [0.15, 0.2) is 24.3 Å². The second-order valence-electron chi connectivity index (χ2n) is 2.77. The van der Waals surface area contributed by atoms with Crippen LogP contribution in [-0.4, -0.2) is 12.1 Å². The lowest BCUT2D eigenvalue weighted by atomic mass is 10.1. The Morgan fingerprint density at radius 1 is 1.07 bits per heavy atom. The quantitative estimate of drug-likeness (QED) is 0.652. The molecule has 0 spiro atoms. The van der Waals surface area contributed by atoms with Gasteiger partial charge in [0.15, 0.2) is 5.75 Å². The molecule has 0 saturated carbocycles. The van der Waals surface area contributed by atoms with E-state index in [0.717, 1.165) is 0 Å². The third-order valence-corrected chi connectivity index (χ3v) is 1.98. The predicted molar refractivity (Wildman–Crippen MR) is 48.2 cm³/mol. The smallest absolute Gasteiger partial charge is 0.258 e. The van der Waals surface area contributed by atoms with Gasteiger partial charge in [0, 0.05) is 10.8 Å². The lowest BCUT2D eigenvalue weighted by Crippen LogP contribution is -1.96. The van der Waals surface area contributed by atoms with Gasteiger partial charge < -0.3 is 4.74 Å². The van der Waals surface area contributed by atoms with E-state index >= 15 is 0 Å². The summed E-state index contributed by atoms with van der Waals surface area (Å²) in [5.74, 6) is -1.77. The third kappa shape index (κ3) is 1.19. The molecule has 1 heterocycles. The molecule has 0 fully saturated rings. The third-order valence-electron chi connectivity index (χ3n) is 1.98. The molecular weight excluding hydrogens is 188 g/mol. The van der Waals surface area contributed by atoms with Crippen LogP contribution in [-0.2, 0) is 0 Å². The first-order valence-electron chi connectivity index (χ1n) is 4.01. The van der Waals surface area contributed by atoms with Crippen molar-refractivity contribution in [1.82, 2.24) is 4.98 Å². The molecule has 0 N–H and O–H groups in total. The summed E-state index contributed by atoms with van der Waals surface area (Å²) >= 11 is 0. The number of ether oxygens (including phenoxy) is 1. The van der Waals surface area contributed by atoms with Gasteiger partial charge >= 0.3 is 0 Å². The molecule has 0 saturated heterocycles. The summed E-state index contributed by atoms with van der Waals surface area (Å²) in [6.07, 6.45) is 0. The Morgan fingerprint density at radius 2 is 1.71 bits per heavy atom. The van der Waals surface area contributed by atoms with Crippen LogP contribution >= 0.6 is 0 Å². The fraction of sp³-hybridized carbons (Fsp3) is 0.100. The minimum Gasteiger partial charge on any atom is -0.491 e. The maximum atomic E-state index is 13.2. The molecule has 0 radical (unpaired) electrons. The van der Waals surface area contributed by atoms with Gasteiger partial charge in [0.2, 0.25) is 5.95 Å². The lowest BCUT2D eigenvalue weighted by molar-refractivity contribution is 0.377. The molecule has 1 aromatic carbocycles. The van der Waals surface area contributed by atoms with Crippen molar-refractivity contribution in [3.8, 4) is 5.75 Å². The van der Waals surface area contributed by atoms with Crippen molar-refractivity contribution in [3.63, 3.8) is 0 Å². The highest BCUT2D eigenvalue weighted by atomic mass is 19.1. The van der Waals surface area contributed by atoms with Crippen LogP contribution in [0.25, 0.3) is 10.8 Å². The van der Waals surface area contributed by atoms with Crippen molar-refractivity contribution in [2.24, 2.45) is 0 Å². The number of fused-ring (bicyclic) bond motifs is 1. The normalized spacial score (nSPS) is 10.5. The number of aromatic nitrogens is 1. The van der Waals surface area contributed by atoms with E-state index in [1.807, 2.05) is 0 Å². The van der Waals surface area contributed by atoms with Crippen LogP contribution in [0.5, 0.6) is 5.75 Å². The van der Waals surface area contributed by atoms with Crippen molar-refractivity contribution >= 4 is 10.8 Å². The second kappa shape index (κ2) is 3.21. The first-order chi connectivity index (χ1) is 6.74. The van der Waals surface area contributed by atoms with Gasteiger partial charge in [-0.2, -0.15) is 13.8 Å². The largest absolute Gasteiger partial charge is 0.491 e. The van der Waals surface area contributed by atoms with E-state index in [1.165, 1.54) is 13.2 Å². The summed E-state index contributed by atoms with van der Waals surface area (Å²) < 4.78 is 31.1. The highest BCUT2D eigenvalue weighted by molar-refractivity contribution is 5.87. The molecule has 0 amide bonds. The Hall–Kier alpha value is -1.71. The Kier molecular flexibility index (Phi) is 2.04. The fourth-order valence-corrected chi connectivity index (χ4v) is 1.36. The number of nitrogens with zero attached hydrogens (tertiary/aromatic N) is 1. The molecule has 2 nitrogen and oxygen atoms in total. The van der Waals surface area contributed by atoms with Gasteiger partial charge in [0.05, 0.1) is 7.11 Å². The number of rotatable bonds is 1. The molecule has 4 heteroatoms. The van der Waals surface area contributed by atoms with Crippen molar-refractivity contribution in [2.45, 2.75) is 0 Å². The van der Waals surface area contributed by atoms with Gasteiger partial charge in [-0.1, -0.05) is 18.2 Å². The SMILES string of the molecule is COc1c(F)nc(F)c2ccccc12. The first-order valence-corrected chi connectivity index (χ1v) is 4.01. The molecule has 72 valence electrons. The van der Waals surface area contributed by atoms with Crippen LogP contribution in [0.2, 0.25) is 0 Å². The van der Waals surface area contributed by atoms with Gasteiger partial charge in [-0.25, -0.2) is 0 Å². The summed E-state index contributed by atoms with van der Waals surface area (Å²) in [5.41, 5.74) is 0. The van der Waals surface area contributed by atoms with Crippen molar-refractivity contribution < 1.29 is 13.5 Å². The predicted octanol–water partition coefficient (Wildman–Crippen LogP) is 2.52. The highest BCUT2D eigenvalue weighted by Crippen LogP contribution is 2.28. The zero-order valence-electron chi connectivity index (χ0n) is 7.42. The first kappa shape index (κ1) is 8.87. The summed E-state index contributed by atoms with van der Waals surface area (Å²) in [7, 11) is 1.32. The minimum absolute atomic E-state index is 0.0259.